The summed E-state index contributed by atoms with van der Waals surface area (Å²) >= 11 is 0. The summed E-state index contributed by atoms with van der Waals surface area (Å²) in [5.41, 5.74) is 1.37. The molecule has 1 aliphatic rings. The van der Waals surface area contributed by atoms with Gasteiger partial charge in [0.1, 0.15) is 5.69 Å². The van der Waals surface area contributed by atoms with Gasteiger partial charge < -0.3 is 9.80 Å². The van der Waals surface area contributed by atoms with Gasteiger partial charge in [0.25, 0.3) is 5.91 Å². The molecule has 2 rings (SSSR count). The molecule has 5 heteroatoms. The van der Waals surface area contributed by atoms with Gasteiger partial charge in [-0.25, -0.2) is 9.97 Å². The van der Waals surface area contributed by atoms with Gasteiger partial charge in [-0.2, -0.15) is 0 Å². The number of aromatic nitrogens is 2. The third-order valence-corrected chi connectivity index (χ3v) is 4.17. The quantitative estimate of drug-likeness (QED) is 0.855. The lowest BCUT2D eigenvalue weighted by molar-refractivity contribution is 0.0629. The summed E-state index contributed by atoms with van der Waals surface area (Å²) in [5, 5.41) is 0. The fourth-order valence-electron chi connectivity index (χ4n) is 2.86. The molecule has 1 saturated heterocycles. The Morgan fingerprint density at radius 1 is 1.33 bits per heavy atom. The maximum atomic E-state index is 12.7. The van der Waals surface area contributed by atoms with E-state index in [1.165, 1.54) is 6.42 Å². The van der Waals surface area contributed by atoms with Crippen molar-refractivity contribution in [1.29, 1.82) is 0 Å². The van der Waals surface area contributed by atoms with Crippen molar-refractivity contribution in [3.05, 3.63) is 17.5 Å². The fraction of sp³-hybridized carbons (Fsp3) is 0.688. The van der Waals surface area contributed by atoms with E-state index in [-0.39, 0.29) is 5.91 Å². The molecular weight excluding hydrogens is 264 g/mol. The number of anilines is 1. The number of likely N-dealkylation sites (tertiary alicyclic amines) is 1. The average molecular weight is 290 g/mol. The molecule has 1 aromatic rings. The van der Waals surface area contributed by atoms with E-state index in [1.54, 1.807) is 6.07 Å². The van der Waals surface area contributed by atoms with Gasteiger partial charge in [0.2, 0.25) is 5.95 Å². The summed E-state index contributed by atoms with van der Waals surface area (Å²) < 4.78 is 0. The Labute approximate surface area is 127 Å². The Hall–Kier alpha value is -1.65. The third kappa shape index (κ3) is 3.52. The van der Waals surface area contributed by atoms with Crippen LogP contribution in [0.25, 0.3) is 0 Å². The molecule has 0 N–H and O–H groups in total. The van der Waals surface area contributed by atoms with Gasteiger partial charge in [-0.05, 0) is 53.0 Å². The van der Waals surface area contributed by atoms with Crippen molar-refractivity contribution in [2.45, 2.75) is 53.0 Å². The van der Waals surface area contributed by atoms with Crippen LogP contribution in [0.3, 0.4) is 0 Å². The van der Waals surface area contributed by atoms with E-state index in [4.69, 9.17) is 0 Å². The van der Waals surface area contributed by atoms with Gasteiger partial charge in [0, 0.05) is 31.4 Å². The molecule has 2 heterocycles. The first kappa shape index (κ1) is 15.7. The van der Waals surface area contributed by atoms with Crippen LogP contribution in [0.2, 0.25) is 0 Å². The first-order valence-corrected chi connectivity index (χ1v) is 7.98. The average Bonchev–Trinajstić information content (AvgIpc) is 2.48. The van der Waals surface area contributed by atoms with Crippen molar-refractivity contribution in [2.75, 3.05) is 24.5 Å². The number of piperidine rings is 1. The second-order valence-electron chi connectivity index (χ2n) is 5.71. The molecule has 1 aliphatic heterocycles. The molecule has 0 saturated carbocycles. The highest BCUT2D eigenvalue weighted by atomic mass is 16.2. The first-order valence-electron chi connectivity index (χ1n) is 7.98. The number of carbonyl (C=O) groups is 1. The van der Waals surface area contributed by atoms with Crippen molar-refractivity contribution in [3.63, 3.8) is 0 Å². The highest BCUT2D eigenvalue weighted by Gasteiger charge is 2.26. The van der Waals surface area contributed by atoms with E-state index in [0.29, 0.717) is 17.7 Å². The van der Waals surface area contributed by atoms with E-state index < -0.39 is 0 Å². The number of amides is 1. The minimum atomic E-state index is 0.0427. The zero-order valence-corrected chi connectivity index (χ0v) is 13.6. The van der Waals surface area contributed by atoms with E-state index in [9.17, 15) is 4.79 Å². The Morgan fingerprint density at radius 2 is 2.05 bits per heavy atom. The maximum Gasteiger partial charge on any atom is 0.272 e. The van der Waals surface area contributed by atoms with Gasteiger partial charge in [-0.15, -0.1) is 0 Å². The second-order valence-corrected chi connectivity index (χ2v) is 5.71. The summed E-state index contributed by atoms with van der Waals surface area (Å²) in [6.07, 6.45) is 3.38. The predicted octanol–water partition coefficient (Wildman–Crippen LogP) is 2.65. The summed E-state index contributed by atoms with van der Waals surface area (Å²) in [4.78, 5) is 25.7. The number of hydrogen-bond donors (Lipinski definition) is 0. The number of carbonyl (C=O) groups excluding carboxylic acids is 1. The minimum absolute atomic E-state index is 0.0427. The van der Waals surface area contributed by atoms with Crippen molar-refractivity contribution >= 4 is 11.9 Å². The number of hydrogen-bond acceptors (Lipinski definition) is 4. The SMILES string of the molecule is CCN(CC)c1nc(C)cc(C(=O)N2CCCC[C@@H]2C)n1. The van der Waals surface area contributed by atoms with Gasteiger partial charge >= 0.3 is 0 Å². The standard InChI is InChI=1S/C16H26N4O/c1-5-19(6-2)16-17-12(3)11-14(18-16)15(21)20-10-8-7-9-13(20)4/h11,13H,5-10H2,1-4H3/t13-/m0/s1. The van der Waals surface area contributed by atoms with Crippen molar-refractivity contribution in [2.24, 2.45) is 0 Å². The summed E-state index contributed by atoms with van der Waals surface area (Å²) in [5.74, 6) is 0.703. The van der Waals surface area contributed by atoms with Crippen molar-refractivity contribution in [3.8, 4) is 0 Å². The minimum Gasteiger partial charge on any atom is -0.341 e. The van der Waals surface area contributed by atoms with E-state index in [0.717, 1.165) is 38.2 Å². The number of nitrogens with zero attached hydrogens (tertiary/aromatic N) is 4. The summed E-state index contributed by atoms with van der Waals surface area (Å²) in [6.45, 7) is 10.7. The molecule has 0 radical (unpaired) electrons. The monoisotopic (exact) mass is 290 g/mol. The predicted molar refractivity (Wildman–Crippen MR) is 84.7 cm³/mol. The molecule has 1 atom stereocenters. The zero-order valence-electron chi connectivity index (χ0n) is 13.6. The molecule has 0 aliphatic carbocycles. The van der Waals surface area contributed by atoms with Crippen LogP contribution >= 0.6 is 0 Å². The molecule has 0 unspecified atom stereocenters. The van der Waals surface area contributed by atoms with Gasteiger partial charge in [-0.1, -0.05) is 0 Å². The number of aryl methyl sites for hydroxylation is 1. The van der Waals surface area contributed by atoms with Crippen molar-refractivity contribution in [1.82, 2.24) is 14.9 Å². The lowest BCUT2D eigenvalue weighted by atomic mass is 10.0. The smallest absolute Gasteiger partial charge is 0.272 e. The first-order chi connectivity index (χ1) is 10.1. The van der Waals surface area contributed by atoms with Crippen LogP contribution in [0.4, 0.5) is 5.95 Å². The highest BCUT2D eigenvalue weighted by Crippen LogP contribution is 2.20. The second kappa shape index (κ2) is 6.87. The van der Waals surface area contributed by atoms with Gasteiger partial charge in [0.15, 0.2) is 0 Å². The molecule has 1 amide bonds. The van der Waals surface area contributed by atoms with Crippen LogP contribution in [0.5, 0.6) is 0 Å². The molecule has 1 fully saturated rings. The molecular formula is C16H26N4O. The molecule has 0 spiro atoms. The Morgan fingerprint density at radius 3 is 2.67 bits per heavy atom. The normalized spacial score (nSPS) is 18.7. The lowest BCUT2D eigenvalue weighted by Crippen LogP contribution is -2.42. The third-order valence-electron chi connectivity index (χ3n) is 4.17. The van der Waals surface area contributed by atoms with Crippen LogP contribution in [-0.4, -0.2) is 46.5 Å². The van der Waals surface area contributed by atoms with Crippen LogP contribution in [0.1, 0.15) is 56.2 Å². The fourth-order valence-corrected chi connectivity index (χ4v) is 2.86. The molecule has 0 aromatic carbocycles. The van der Waals surface area contributed by atoms with Gasteiger partial charge in [0.05, 0.1) is 0 Å². The summed E-state index contributed by atoms with van der Waals surface area (Å²) in [7, 11) is 0. The molecule has 1 aromatic heterocycles. The van der Waals surface area contributed by atoms with Crippen molar-refractivity contribution < 1.29 is 4.79 Å². The summed E-state index contributed by atoms with van der Waals surface area (Å²) in [6, 6.07) is 2.11. The Balaban J connectivity index is 2.28. The lowest BCUT2D eigenvalue weighted by Gasteiger charge is -2.33. The highest BCUT2D eigenvalue weighted by molar-refractivity contribution is 5.93. The zero-order chi connectivity index (χ0) is 15.4. The largest absolute Gasteiger partial charge is 0.341 e. The van der Waals surface area contributed by atoms with E-state index in [1.807, 2.05) is 11.8 Å². The molecule has 116 valence electrons. The Kier molecular flexibility index (Phi) is 5.15. The van der Waals surface area contributed by atoms with E-state index in [2.05, 4.69) is 35.6 Å². The Bertz CT molecular complexity index is 499. The van der Waals surface area contributed by atoms with Crippen LogP contribution in [-0.2, 0) is 0 Å². The number of rotatable bonds is 4. The molecule has 21 heavy (non-hydrogen) atoms. The van der Waals surface area contributed by atoms with Gasteiger partial charge in [-0.3, -0.25) is 4.79 Å². The van der Waals surface area contributed by atoms with E-state index >= 15 is 0 Å². The topological polar surface area (TPSA) is 49.3 Å². The van der Waals surface area contributed by atoms with Crippen LogP contribution in [0, 0.1) is 6.92 Å². The maximum absolute atomic E-state index is 12.7. The molecule has 5 nitrogen and oxygen atoms in total. The molecule has 0 bridgehead atoms. The van der Waals surface area contributed by atoms with Crippen LogP contribution in [0.15, 0.2) is 6.07 Å². The van der Waals surface area contributed by atoms with Crippen LogP contribution < -0.4 is 4.90 Å².